The number of rotatable bonds is 5. The first-order valence-electron chi connectivity index (χ1n) is 8.76. The number of hydrogen-bond acceptors (Lipinski definition) is 4. The molecule has 1 N–H and O–H groups in total. The fourth-order valence-electron chi connectivity index (χ4n) is 3.50. The van der Waals surface area contributed by atoms with E-state index in [0.29, 0.717) is 11.8 Å². The molecule has 0 saturated carbocycles. The third-order valence-corrected chi connectivity index (χ3v) is 4.89. The summed E-state index contributed by atoms with van der Waals surface area (Å²) in [6, 6.07) is 10.2. The number of phenolic OH excluding ortho intramolecular Hbond substituents is 1. The molecule has 1 aromatic heterocycles. The Balaban J connectivity index is 1.50. The third kappa shape index (κ3) is 4.16. The molecule has 2 aromatic rings. The molecule has 0 amide bonds. The first-order valence-corrected chi connectivity index (χ1v) is 8.76. The SMILES string of the molecule is Cc1cc(C)n(CC(C)N2CCN(Cc3cccc(O)c3)CC2)n1. The Morgan fingerprint density at radius 2 is 1.88 bits per heavy atom. The number of phenols is 1. The molecule has 130 valence electrons. The van der Waals surface area contributed by atoms with E-state index in [0.717, 1.165) is 45.0 Å². The Bertz CT molecular complexity index is 674. The summed E-state index contributed by atoms with van der Waals surface area (Å²) < 4.78 is 2.12. The van der Waals surface area contributed by atoms with E-state index in [1.165, 1.54) is 11.3 Å². The lowest BCUT2D eigenvalue weighted by Crippen LogP contribution is -2.50. The minimum Gasteiger partial charge on any atom is -0.508 e. The smallest absolute Gasteiger partial charge is 0.115 e. The minimum absolute atomic E-state index is 0.352. The monoisotopic (exact) mass is 328 g/mol. The lowest BCUT2D eigenvalue weighted by atomic mass is 10.1. The van der Waals surface area contributed by atoms with Gasteiger partial charge in [-0.25, -0.2) is 0 Å². The number of aromatic nitrogens is 2. The van der Waals surface area contributed by atoms with Crippen molar-refractivity contribution in [3.63, 3.8) is 0 Å². The van der Waals surface area contributed by atoms with E-state index in [4.69, 9.17) is 0 Å². The summed E-state index contributed by atoms with van der Waals surface area (Å²) >= 11 is 0. The zero-order valence-electron chi connectivity index (χ0n) is 14.9. The average Bonchev–Trinajstić information content (AvgIpc) is 2.85. The van der Waals surface area contributed by atoms with Crippen molar-refractivity contribution < 1.29 is 5.11 Å². The predicted molar refractivity (Wildman–Crippen MR) is 96.1 cm³/mol. The van der Waals surface area contributed by atoms with Crippen molar-refractivity contribution in [1.29, 1.82) is 0 Å². The third-order valence-electron chi connectivity index (χ3n) is 4.89. The Morgan fingerprint density at radius 3 is 2.50 bits per heavy atom. The second kappa shape index (κ2) is 7.36. The van der Waals surface area contributed by atoms with Crippen LogP contribution in [0, 0.1) is 13.8 Å². The molecule has 1 aliphatic rings. The molecule has 5 nitrogen and oxygen atoms in total. The topological polar surface area (TPSA) is 44.5 Å². The Labute approximate surface area is 144 Å². The first kappa shape index (κ1) is 17.0. The van der Waals surface area contributed by atoms with Gasteiger partial charge in [0.25, 0.3) is 0 Å². The lowest BCUT2D eigenvalue weighted by molar-refractivity contribution is 0.0894. The Kier molecular flexibility index (Phi) is 5.21. The number of piperazine rings is 1. The molecule has 1 atom stereocenters. The van der Waals surface area contributed by atoms with Crippen molar-refractivity contribution in [1.82, 2.24) is 19.6 Å². The van der Waals surface area contributed by atoms with Crippen molar-refractivity contribution in [3.05, 3.63) is 47.3 Å². The van der Waals surface area contributed by atoms with Crippen LogP contribution in [0.2, 0.25) is 0 Å². The van der Waals surface area contributed by atoms with Crippen molar-refractivity contribution in [2.45, 2.75) is 39.9 Å². The van der Waals surface area contributed by atoms with E-state index >= 15 is 0 Å². The predicted octanol–water partition coefficient (Wildman–Crippen LogP) is 2.41. The lowest BCUT2D eigenvalue weighted by Gasteiger charge is -2.38. The van der Waals surface area contributed by atoms with Crippen LogP contribution >= 0.6 is 0 Å². The van der Waals surface area contributed by atoms with Gasteiger partial charge in [0.2, 0.25) is 0 Å². The molecule has 0 spiro atoms. The van der Waals surface area contributed by atoms with Gasteiger partial charge in [-0.1, -0.05) is 12.1 Å². The molecule has 1 aromatic carbocycles. The van der Waals surface area contributed by atoms with Crippen LogP contribution in [-0.4, -0.2) is 56.9 Å². The molecule has 1 unspecified atom stereocenters. The molecule has 24 heavy (non-hydrogen) atoms. The molecule has 1 aliphatic heterocycles. The fraction of sp³-hybridized carbons (Fsp3) is 0.526. The number of benzene rings is 1. The zero-order chi connectivity index (χ0) is 17.1. The summed E-state index contributed by atoms with van der Waals surface area (Å²) in [5.41, 5.74) is 3.51. The summed E-state index contributed by atoms with van der Waals surface area (Å²) in [4.78, 5) is 5.01. The van der Waals surface area contributed by atoms with Gasteiger partial charge in [-0.3, -0.25) is 14.5 Å². The van der Waals surface area contributed by atoms with Crippen LogP contribution in [0.15, 0.2) is 30.3 Å². The van der Waals surface area contributed by atoms with Gasteiger partial charge in [0.15, 0.2) is 0 Å². The van der Waals surface area contributed by atoms with E-state index < -0.39 is 0 Å². The van der Waals surface area contributed by atoms with Crippen LogP contribution in [0.3, 0.4) is 0 Å². The van der Waals surface area contributed by atoms with Gasteiger partial charge in [0.1, 0.15) is 5.75 Å². The molecule has 3 rings (SSSR count). The molecule has 1 fully saturated rings. The van der Waals surface area contributed by atoms with Crippen LogP contribution in [0.1, 0.15) is 23.9 Å². The normalized spacial score (nSPS) is 18.0. The molecule has 5 heteroatoms. The van der Waals surface area contributed by atoms with Gasteiger partial charge in [0.05, 0.1) is 12.2 Å². The largest absolute Gasteiger partial charge is 0.508 e. The highest BCUT2D eigenvalue weighted by atomic mass is 16.3. The Morgan fingerprint density at radius 1 is 1.12 bits per heavy atom. The van der Waals surface area contributed by atoms with Crippen LogP contribution in [0.25, 0.3) is 0 Å². The van der Waals surface area contributed by atoms with Crippen LogP contribution < -0.4 is 0 Å². The van der Waals surface area contributed by atoms with Gasteiger partial charge in [0, 0.05) is 44.5 Å². The van der Waals surface area contributed by atoms with Crippen LogP contribution in [0.4, 0.5) is 0 Å². The van der Waals surface area contributed by atoms with Crippen molar-refractivity contribution in [3.8, 4) is 5.75 Å². The number of aromatic hydroxyl groups is 1. The molecular weight excluding hydrogens is 300 g/mol. The van der Waals surface area contributed by atoms with E-state index in [-0.39, 0.29) is 0 Å². The van der Waals surface area contributed by atoms with Gasteiger partial charge >= 0.3 is 0 Å². The van der Waals surface area contributed by atoms with Gasteiger partial charge in [-0.2, -0.15) is 5.10 Å². The molecule has 0 radical (unpaired) electrons. The Hall–Kier alpha value is -1.85. The van der Waals surface area contributed by atoms with Gasteiger partial charge in [-0.05, 0) is 44.5 Å². The van der Waals surface area contributed by atoms with Gasteiger partial charge < -0.3 is 5.11 Å². The minimum atomic E-state index is 0.352. The van der Waals surface area contributed by atoms with Crippen molar-refractivity contribution >= 4 is 0 Å². The summed E-state index contributed by atoms with van der Waals surface area (Å²) in [5.74, 6) is 0.352. The maximum Gasteiger partial charge on any atom is 0.115 e. The number of nitrogens with zero attached hydrogens (tertiary/aromatic N) is 4. The molecule has 0 aliphatic carbocycles. The van der Waals surface area contributed by atoms with E-state index in [9.17, 15) is 5.11 Å². The number of hydrogen-bond donors (Lipinski definition) is 1. The van der Waals surface area contributed by atoms with E-state index in [2.05, 4.69) is 45.6 Å². The molecular formula is C19H28N4O. The van der Waals surface area contributed by atoms with Crippen LogP contribution in [0.5, 0.6) is 5.75 Å². The van der Waals surface area contributed by atoms with Crippen LogP contribution in [-0.2, 0) is 13.1 Å². The zero-order valence-corrected chi connectivity index (χ0v) is 14.9. The van der Waals surface area contributed by atoms with E-state index in [1.54, 1.807) is 6.07 Å². The summed E-state index contributed by atoms with van der Waals surface area (Å²) in [6.45, 7) is 12.6. The highest BCUT2D eigenvalue weighted by molar-refractivity contribution is 5.27. The molecule has 0 bridgehead atoms. The first-order chi connectivity index (χ1) is 11.5. The second-order valence-corrected chi connectivity index (χ2v) is 6.94. The highest BCUT2D eigenvalue weighted by Gasteiger charge is 2.22. The van der Waals surface area contributed by atoms with E-state index in [1.807, 2.05) is 19.1 Å². The molecule has 2 heterocycles. The summed E-state index contributed by atoms with van der Waals surface area (Å²) in [6.07, 6.45) is 0. The fourth-order valence-corrected chi connectivity index (χ4v) is 3.50. The summed E-state index contributed by atoms with van der Waals surface area (Å²) in [7, 11) is 0. The number of aryl methyl sites for hydroxylation is 2. The quantitative estimate of drug-likeness (QED) is 0.915. The molecule has 1 saturated heterocycles. The van der Waals surface area contributed by atoms with Crippen molar-refractivity contribution in [2.24, 2.45) is 0 Å². The maximum atomic E-state index is 9.59. The highest BCUT2D eigenvalue weighted by Crippen LogP contribution is 2.15. The van der Waals surface area contributed by atoms with Gasteiger partial charge in [-0.15, -0.1) is 0 Å². The van der Waals surface area contributed by atoms with Crippen molar-refractivity contribution in [2.75, 3.05) is 26.2 Å². The maximum absolute atomic E-state index is 9.59. The standard InChI is InChI=1S/C19H28N4O/c1-15-11-16(2)23(20-15)13-17(3)22-9-7-21(8-10-22)14-18-5-4-6-19(24)12-18/h4-6,11-12,17,24H,7-10,13-14H2,1-3H3. The average molecular weight is 328 g/mol. The second-order valence-electron chi connectivity index (χ2n) is 6.94. The summed E-state index contributed by atoms with van der Waals surface area (Å²) in [5, 5.41) is 14.2.